The molecular weight excluding hydrogens is 208 g/mol. The second-order valence-electron chi connectivity index (χ2n) is 5.01. The van der Waals surface area contributed by atoms with Gasteiger partial charge in [0.05, 0.1) is 0 Å². The summed E-state index contributed by atoms with van der Waals surface area (Å²) in [6, 6.07) is 8.89. The number of hydrogen-bond acceptors (Lipinski definition) is 2. The van der Waals surface area contributed by atoms with Crippen LogP contribution >= 0.6 is 0 Å². The van der Waals surface area contributed by atoms with Crippen molar-refractivity contribution in [3.8, 4) is 0 Å². The van der Waals surface area contributed by atoms with E-state index < -0.39 is 0 Å². The molecule has 0 radical (unpaired) electrons. The van der Waals surface area contributed by atoms with Gasteiger partial charge in [-0.25, -0.2) is 0 Å². The summed E-state index contributed by atoms with van der Waals surface area (Å²) in [5.41, 5.74) is 2.85. The topological polar surface area (TPSA) is 6.48 Å². The first-order valence-electron chi connectivity index (χ1n) is 6.78. The van der Waals surface area contributed by atoms with Crippen LogP contribution in [0, 0.1) is 6.92 Å². The molecule has 0 amide bonds. The second kappa shape index (κ2) is 6.18. The fourth-order valence-corrected chi connectivity index (χ4v) is 2.48. The molecule has 2 heteroatoms. The Balaban J connectivity index is 1.76. The van der Waals surface area contributed by atoms with Crippen molar-refractivity contribution in [1.29, 1.82) is 0 Å². The summed E-state index contributed by atoms with van der Waals surface area (Å²) >= 11 is 0. The number of rotatable bonds is 4. The van der Waals surface area contributed by atoms with Gasteiger partial charge in [-0.3, -0.25) is 0 Å². The molecule has 0 spiro atoms. The molecule has 17 heavy (non-hydrogen) atoms. The zero-order chi connectivity index (χ0) is 12.1. The van der Waals surface area contributed by atoms with Gasteiger partial charge < -0.3 is 9.80 Å². The Morgan fingerprint density at radius 3 is 2.41 bits per heavy atom. The number of nitrogens with zero attached hydrogens (tertiary/aromatic N) is 2. The minimum absolute atomic E-state index is 1.19. The molecule has 0 unspecified atom stereocenters. The van der Waals surface area contributed by atoms with Gasteiger partial charge in [0.1, 0.15) is 0 Å². The molecule has 1 saturated heterocycles. The van der Waals surface area contributed by atoms with Crippen molar-refractivity contribution in [1.82, 2.24) is 9.80 Å². The summed E-state index contributed by atoms with van der Waals surface area (Å²) in [5.74, 6) is 0. The summed E-state index contributed by atoms with van der Waals surface area (Å²) in [6.07, 6.45) is 1.19. The van der Waals surface area contributed by atoms with E-state index in [2.05, 4.69) is 47.9 Å². The van der Waals surface area contributed by atoms with Crippen molar-refractivity contribution in [2.75, 3.05) is 39.3 Å². The van der Waals surface area contributed by atoms with E-state index in [1.54, 1.807) is 0 Å². The van der Waals surface area contributed by atoms with E-state index in [-0.39, 0.29) is 0 Å². The molecule has 1 fully saturated rings. The highest BCUT2D eigenvalue weighted by atomic mass is 15.3. The van der Waals surface area contributed by atoms with Gasteiger partial charge in [0.15, 0.2) is 0 Å². The van der Waals surface area contributed by atoms with E-state index in [9.17, 15) is 0 Å². The average Bonchev–Trinajstić information content (AvgIpc) is 2.37. The molecule has 0 aromatic heterocycles. The van der Waals surface area contributed by atoms with Crippen molar-refractivity contribution < 1.29 is 0 Å². The molecule has 94 valence electrons. The van der Waals surface area contributed by atoms with E-state index >= 15 is 0 Å². The Hall–Kier alpha value is -0.860. The third-order valence-corrected chi connectivity index (χ3v) is 3.71. The van der Waals surface area contributed by atoms with Crippen molar-refractivity contribution in [2.45, 2.75) is 20.3 Å². The van der Waals surface area contributed by atoms with Crippen molar-refractivity contribution in [3.05, 3.63) is 35.4 Å². The van der Waals surface area contributed by atoms with Gasteiger partial charge >= 0.3 is 0 Å². The lowest BCUT2D eigenvalue weighted by molar-refractivity contribution is 0.138. The molecule has 2 nitrogen and oxygen atoms in total. The van der Waals surface area contributed by atoms with E-state index in [4.69, 9.17) is 0 Å². The van der Waals surface area contributed by atoms with Gasteiger partial charge in [0.25, 0.3) is 0 Å². The van der Waals surface area contributed by atoms with Crippen LogP contribution in [0.2, 0.25) is 0 Å². The summed E-state index contributed by atoms with van der Waals surface area (Å²) < 4.78 is 0. The predicted octanol–water partition coefficient (Wildman–Crippen LogP) is 2.18. The Bertz CT molecular complexity index is 341. The highest BCUT2D eigenvalue weighted by molar-refractivity contribution is 5.22. The first kappa shape index (κ1) is 12.6. The molecule has 0 aliphatic carbocycles. The maximum atomic E-state index is 2.59. The van der Waals surface area contributed by atoms with E-state index in [0.717, 1.165) is 0 Å². The van der Waals surface area contributed by atoms with E-state index in [1.165, 1.54) is 56.8 Å². The predicted molar refractivity (Wildman–Crippen MR) is 73.4 cm³/mol. The molecule has 1 aromatic rings. The summed E-state index contributed by atoms with van der Waals surface area (Å²) in [5, 5.41) is 0. The zero-order valence-electron chi connectivity index (χ0n) is 11.2. The highest BCUT2D eigenvalue weighted by Gasteiger charge is 2.14. The SMILES string of the molecule is CCN1CCN(CCc2cccc(C)c2)CC1. The van der Waals surface area contributed by atoms with Gasteiger partial charge in [-0.2, -0.15) is 0 Å². The Kier molecular flexibility index (Phi) is 4.57. The number of aryl methyl sites for hydroxylation is 1. The van der Waals surface area contributed by atoms with Gasteiger partial charge in [0, 0.05) is 32.7 Å². The fourth-order valence-electron chi connectivity index (χ4n) is 2.48. The largest absolute Gasteiger partial charge is 0.301 e. The first-order valence-corrected chi connectivity index (χ1v) is 6.78. The van der Waals surface area contributed by atoms with Crippen LogP contribution in [0.4, 0.5) is 0 Å². The van der Waals surface area contributed by atoms with Gasteiger partial charge in [-0.05, 0) is 25.5 Å². The van der Waals surface area contributed by atoms with Crippen LogP contribution in [0.25, 0.3) is 0 Å². The minimum atomic E-state index is 1.19. The van der Waals surface area contributed by atoms with Gasteiger partial charge in [0.2, 0.25) is 0 Å². The lowest BCUT2D eigenvalue weighted by Crippen LogP contribution is -2.46. The zero-order valence-corrected chi connectivity index (χ0v) is 11.2. The Labute approximate surface area is 105 Å². The number of likely N-dealkylation sites (N-methyl/N-ethyl adjacent to an activating group) is 1. The van der Waals surface area contributed by atoms with Crippen LogP contribution in [0.15, 0.2) is 24.3 Å². The molecule has 0 N–H and O–H groups in total. The van der Waals surface area contributed by atoms with Crippen molar-refractivity contribution in [2.24, 2.45) is 0 Å². The molecule has 0 saturated carbocycles. The maximum absolute atomic E-state index is 2.59. The highest BCUT2D eigenvalue weighted by Crippen LogP contribution is 2.07. The molecule has 2 rings (SSSR count). The maximum Gasteiger partial charge on any atom is 0.0110 e. The molecule has 1 heterocycles. The Morgan fingerprint density at radius 2 is 1.76 bits per heavy atom. The standard InChI is InChI=1S/C15H24N2/c1-3-16-9-11-17(12-10-16)8-7-15-6-4-5-14(2)13-15/h4-6,13H,3,7-12H2,1-2H3. The average molecular weight is 232 g/mol. The summed E-state index contributed by atoms with van der Waals surface area (Å²) in [4.78, 5) is 5.12. The molecular formula is C15H24N2. The van der Waals surface area contributed by atoms with Crippen LogP contribution in [-0.2, 0) is 6.42 Å². The van der Waals surface area contributed by atoms with E-state index in [1.807, 2.05) is 0 Å². The normalized spacial score (nSPS) is 18.5. The van der Waals surface area contributed by atoms with Crippen molar-refractivity contribution >= 4 is 0 Å². The lowest BCUT2D eigenvalue weighted by atomic mass is 10.1. The third-order valence-electron chi connectivity index (χ3n) is 3.71. The number of benzene rings is 1. The van der Waals surface area contributed by atoms with Gasteiger partial charge in [-0.1, -0.05) is 36.8 Å². The quantitative estimate of drug-likeness (QED) is 0.785. The first-order chi connectivity index (χ1) is 8.28. The monoisotopic (exact) mass is 232 g/mol. The summed E-state index contributed by atoms with van der Waals surface area (Å²) in [7, 11) is 0. The second-order valence-corrected chi connectivity index (χ2v) is 5.01. The fraction of sp³-hybridized carbons (Fsp3) is 0.600. The molecule has 1 aromatic carbocycles. The van der Waals surface area contributed by atoms with Crippen LogP contribution in [-0.4, -0.2) is 49.1 Å². The van der Waals surface area contributed by atoms with Crippen molar-refractivity contribution in [3.63, 3.8) is 0 Å². The molecule has 1 aliphatic heterocycles. The van der Waals surface area contributed by atoms with Crippen LogP contribution < -0.4 is 0 Å². The van der Waals surface area contributed by atoms with E-state index in [0.29, 0.717) is 0 Å². The Morgan fingerprint density at radius 1 is 1.06 bits per heavy atom. The molecule has 0 atom stereocenters. The minimum Gasteiger partial charge on any atom is -0.301 e. The van der Waals surface area contributed by atoms with Crippen LogP contribution in [0.5, 0.6) is 0 Å². The number of piperazine rings is 1. The summed E-state index contributed by atoms with van der Waals surface area (Å²) in [6.45, 7) is 11.8. The third kappa shape index (κ3) is 3.83. The molecule has 0 bridgehead atoms. The molecule has 1 aliphatic rings. The number of hydrogen-bond donors (Lipinski definition) is 0. The smallest absolute Gasteiger partial charge is 0.0110 e. The van der Waals surface area contributed by atoms with Gasteiger partial charge in [-0.15, -0.1) is 0 Å². The lowest BCUT2D eigenvalue weighted by Gasteiger charge is -2.34. The van der Waals surface area contributed by atoms with Crippen LogP contribution in [0.3, 0.4) is 0 Å². The van der Waals surface area contributed by atoms with Crippen LogP contribution in [0.1, 0.15) is 18.1 Å².